The van der Waals surface area contributed by atoms with Gasteiger partial charge in [-0.15, -0.1) is 0 Å². The van der Waals surface area contributed by atoms with E-state index >= 15 is 0 Å². The third kappa shape index (κ3) is 3.81. The van der Waals surface area contributed by atoms with E-state index in [9.17, 15) is 18.0 Å². The molecule has 0 saturated heterocycles. The lowest BCUT2D eigenvalue weighted by atomic mass is 10.0. The van der Waals surface area contributed by atoms with Gasteiger partial charge in [-0.3, -0.25) is 9.36 Å². The fraction of sp³-hybridized carbons (Fsp3) is 0.136. The highest BCUT2D eigenvalue weighted by atomic mass is 19.4. The number of aryl methyl sites for hydroxylation is 1. The largest absolute Gasteiger partial charge is 0.497 e. The Morgan fingerprint density at radius 1 is 1.10 bits per heavy atom. The average Bonchev–Trinajstić information content (AvgIpc) is 2.73. The summed E-state index contributed by atoms with van der Waals surface area (Å²) in [5.41, 5.74) is 6.54. The Balaban J connectivity index is 1.92. The molecule has 0 bridgehead atoms. The Morgan fingerprint density at radius 2 is 1.87 bits per heavy atom. The van der Waals surface area contributed by atoms with Crippen molar-refractivity contribution in [1.29, 1.82) is 0 Å². The van der Waals surface area contributed by atoms with Gasteiger partial charge in [0.05, 0.1) is 29.4 Å². The Morgan fingerprint density at radius 3 is 2.58 bits per heavy atom. The van der Waals surface area contributed by atoms with Crippen molar-refractivity contribution in [2.45, 2.75) is 13.1 Å². The van der Waals surface area contributed by atoms with E-state index in [0.29, 0.717) is 27.6 Å². The summed E-state index contributed by atoms with van der Waals surface area (Å²) < 4.78 is 46.1. The minimum atomic E-state index is -4.58. The molecular formula is C22H17F3N4O2. The molecule has 0 radical (unpaired) electrons. The van der Waals surface area contributed by atoms with E-state index in [1.165, 1.54) is 23.9 Å². The number of aromatic nitrogens is 3. The van der Waals surface area contributed by atoms with E-state index in [4.69, 9.17) is 10.5 Å². The molecule has 4 rings (SSSR count). The van der Waals surface area contributed by atoms with Crippen molar-refractivity contribution < 1.29 is 17.9 Å². The molecule has 4 aromatic rings. The lowest BCUT2D eigenvalue weighted by Crippen LogP contribution is -2.21. The van der Waals surface area contributed by atoms with E-state index in [-0.39, 0.29) is 17.4 Å². The first kappa shape index (κ1) is 20.4. The van der Waals surface area contributed by atoms with Crippen LogP contribution in [-0.4, -0.2) is 21.6 Å². The Labute approximate surface area is 174 Å². The highest BCUT2D eigenvalue weighted by molar-refractivity contribution is 5.85. The van der Waals surface area contributed by atoms with E-state index < -0.39 is 17.3 Å². The van der Waals surface area contributed by atoms with Crippen LogP contribution in [0.2, 0.25) is 0 Å². The van der Waals surface area contributed by atoms with Crippen LogP contribution in [0.1, 0.15) is 11.1 Å². The lowest BCUT2D eigenvalue weighted by Gasteiger charge is -2.15. The molecular weight excluding hydrogens is 409 g/mol. The zero-order valence-electron chi connectivity index (χ0n) is 16.6. The second kappa shape index (κ2) is 7.42. The van der Waals surface area contributed by atoms with Crippen LogP contribution in [0, 0.1) is 6.92 Å². The Hall–Kier alpha value is -3.88. The molecule has 31 heavy (non-hydrogen) atoms. The first-order valence-electron chi connectivity index (χ1n) is 9.19. The van der Waals surface area contributed by atoms with Crippen molar-refractivity contribution in [3.05, 3.63) is 76.3 Å². The van der Waals surface area contributed by atoms with Crippen LogP contribution >= 0.6 is 0 Å². The number of pyridine rings is 1. The van der Waals surface area contributed by atoms with Gasteiger partial charge in [0.1, 0.15) is 5.75 Å². The van der Waals surface area contributed by atoms with Gasteiger partial charge < -0.3 is 10.5 Å². The first-order valence-corrected chi connectivity index (χ1v) is 9.19. The molecule has 158 valence electrons. The number of rotatable bonds is 3. The minimum absolute atomic E-state index is 0.000655. The van der Waals surface area contributed by atoms with Gasteiger partial charge in [-0.2, -0.15) is 13.2 Å². The Bertz CT molecular complexity index is 1360. The minimum Gasteiger partial charge on any atom is -0.497 e. The van der Waals surface area contributed by atoms with Gasteiger partial charge >= 0.3 is 6.18 Å². The van der Waals surface area contributed by atoms with Gasteiger partial charge in [0.15, 0.2) is 0 Å². The standard InChI is InChI=1S/C22H17F3N4O2/c1-12-5-6-29(16-8-15(22(23,24)25)9-17(10-16)31-2)20(30)19(12)13-3-4-18-14(7-13)11-27-21(26)28-18/h3-11H,1-2H3,(H2,26,27,28). The molecule has 0 aliphatic rings. The van der Waals surface area contributed by atoms with Crippen LogP contribution in [0.3, 0.4) is 0 Å². The molecule has 9 heteroatoms. The summed E-state index contributed by atoms with van der Waals surface area (Å²) in [6.45, 7) is 1.76. The summed E-state index contributed by atoms with van der Waals surface area (Å²) in [7, 11) is 1.27. The maximum absolute atomic E-state index is 13.3. The van der Waals surface area contributed by atoms with E-state index in [1.807, 2.05) is 0 Å². The molecule has 0 amide bonds. The van der Waals surface area contributed by atoms with Crippen molar-refractivity contribution in [3.8, 4) is 22.6 Å². The summed E-state index contributed by atoms with van der Waals surface area (Å²) in [6.07, 6.45) is -1.59. The molecule has 2 aromatic heterocycles. The molecule has 2 N–H and O–H groups in total. The zero-order chi connectivity index (χ0) is 22.3. The third-order valence-corrected chi connectivity index (χ3v) is 4.92. The molecule has 6 nitrogen and oxygen atoms in total. The van der Waals surface area contributed by atoms with Crippen molar-refractivity contribution in [2.75, 3.05) is 12.8 Å². The average molecular weight is 426 g/mol. The predicted octanol–water partition coefficient (Wildman–Crippen LogP) is 4.37. The summed E-state index contributed by atoms with van der Waals surface area (Å²) in [4.78, 5) is 21.4. The summed E-state index contributed by atoms with van der Waals surface area (Å²) in [6, 6.07) is 10.0. The second-order valence-corrected chi connectivity index (χ2v) is 6.97. The van der Waals surface area contributed by atoms with Crippen molar-refractivity contribution in [3.63, 3.8) is 0 Å². The van der Waals surface area contributed by atoms with Gasteiger partial charge in [-0.25, -0.2) is 9.97 Å². The van der Waals surface area contributed by atoms with Crippen LogP contribution < -0.4 is 16.0 Å². The van der Waals surface area contributed by atoms with Crippen molar-refractivity contribution >= 4 is 16.9 Å². The van der Waals surface area contributed by atoms with Gasteiger partial charge in [0.2, 0.25) is 5.95 Å². The number of nitrogen functional groups attached to an aromatic ring is 1. The van der Waals surface area contributed by atoms with E-state index in [0.717, 1.165) is 12.1 Å². The van der Waals surface area contributed by atoms with Crippen LogP contribution in [0.5, 0.6) is 5.75 Å². The number of hydrogen-bond donors (Lipinski definition) is 1. The number of nitrogens with two attached hydrogens (primary N) is 1. The molecule has 0 aliphatic heterocycles. The molecule has 0 spiro atoms. The summed E-state index contributed by atoms with van der Waals surface area (Å²) >= 11 is 0. The quantitative estimate of drug-likeness (QED) is 0.526. The molecule has 0 aliphatic carbocycles. The molecule has 2 heterocycles. The molecule has 2 aromatic carbocycles. The number of ether oxygens (including phenoxy) is 1. The second-order valence-electron chi connectivity index (χ2n) is 6.97. The SMILES string of the molecule is COc1cc(-n2ccc(C)c(-c3ccc4nc(N)ncc4c3)c2=O)cc(C(F)(F)F)c1. The van der Waals surface area contributed by atoms with E-state index in [1.54, 1.807) is 37.4 Å². The monoisotopic (exact) mass is 426 g/mol. The van der Waals surface area contributed by atoms with Gasteiger partial charge in [-0.1, -0.05) is 6.07 Å². The van der Waals surface area contributed by atoms with Gasteiger partial charge in [0, 0.05) is 23.8 Å². The number of benzene rings is 2. The lowest BCUT2D eigenvalue weighted by molar-refractivity contribution is -0.137. The summed E-state index contributed by atoms with van der Waals surface area (Å²) in [5, 5.41) is 0.682. The highest BCUT2D eigenvalue weighted by Crippen LogP contribution is 2.33. The van der Waals surface area contributed by atoms with Crippen LogP contribution in [0.4, 0.5) is 19.1 Å². The third-order valence-electron chi connectivity index (χ3n) is 4.92. The topological polar surface area (TPSA) is 83.0 Å². The van der Waals surface area contributed by atoms with Crippen LogP contribution in [0.15, 0.2) is 59.7 Å². The maximum Gasteiger partial charge on any atom is 0.416 e. The molecule has 0 fully saturated rings. The van der Waals surface area contributed by atoms with Gasteiger partial charge in [0.25, 0.3) is 5.56 Å². The number of methoxy groups -OCH3 is 1. The smallest absolute Gasteiger partial charge is 0.416 e. The molecule has 0 unspecified atom stereocenters. The Kier molecular flexibility index (Phi) is 4.88. The normalized spacial score (nSPS) is 11.6. The number of alkyl halides is 3. The van der Waals surface area contributed by atoms with Crippen molar-refractivity contribution in [1.82, 2.24) is 14.5 Å². The van der Waals surface area contributed by atoms with Gasteiger partial charge in [-0.05, 0) is 48.4 Å². The number of halogens is 3. The highest BCUT2D eigenvalue weighted by Gasteiger charge is 2.31. The van der Waals surface area contributed by atoms with Crippen LogP contribution in [-0.2, 0) is 6.18 Å². The maximum atomic E-state index is 13.3. The molecule has 0 atom stereocenters. The first-order chi connectivity index (χ1) is 14.7. The molecule has 0 saturated carbocycles. The predicted molar refractivity (Wildman–Crippen MR) is 111 cm³/mol. The number of fused-ring (bicyclic) bond motifs is 1. The zero-order valence-corrected chi connectivity index (χ0v) is 16.6. The van der Waals surface area contributed by atoms with E-state index in [2.05, 4.69) is 9.97 Å². The fourth-order valence-corrected chi connectivity index (χ4v) is 3.39. The fourth-order valence-electron chi connectivity index (χ4n) is 3.39. The number of hydrogen-bond acceptors (Lipinski definition) is 5. The van der Waals surface area contributed by atoms with Crippen LogP contribution in [0.25, 0.3) is 27.7 Å². The van der Waals surface area contributed by atoms with Crippen molar-refractivity contribution in [2.24, 2.45) is 0 Å². The number of anilines is 1. The number of nitrogens with zero attached hydrogens (tertiary/aromatic N) is 3. The summed E-state index contributed by atoms with van der Waals surface area (Å²) in [5.74, 6) is 0.135.